The molecule has 3 rings (SSSR count). The molecule has 0 aliphatic carbocycles. The molecule has 14 heavy (non-hydrogen) atoms. The van der Waals surface area contributed by atoms with Gasteiger partial charge in [0.2, 0.25) is 0 Å². The molecular formula is C9H7N5. The van der Waals surface area contributed by atoms with E-state index in [1.807, 2.05) is 6.07 Å². The summed E-state index contributed by atoms with van der Waals surface area (Å²) in [7, 11) is 0. The van der Waals surface area contributed by atoms with Crippen LogP contribution in [0.15, 0.2) is 30.9 Å². The highest BCUT2D eigenvalue weighted by molar-refractivity contribution is 5.92. The zero-order valence-corrected chi connectivity index (χ0v) is 7.23. The minimum Gasteiger partial charge on any atom is -0.285 e. The molecule has 68 valence electrons. The molecule has 3 aromatic heterocycles. The Morgan fingerprint density at radius 3 is 3.00 bits per heavy atom. The van der Waals surface area contributed by atoms with E-state index in [1.165, 1.54) is 0 Å². The van der Waals surface area contributed by atoms with Crippen LogP contribution in [-0.4, -0.2) is 25.4 Å². The van der Waals surface area contributed by atoms with Gasteiger partial charge in [0.15, 0.2) is 0 Å². The van der Waals surface area contributed by atoms with Gasteiger partial charge in [0.05, 0.1) is 23.6 Å². The summed E-state index contributed by atoms with van der Waals surface area (Å²) in [5.41, 5.74) is 2.78. The van der Waals surface area contributed by atoms with Crippen LogP contribution in [0.3, 0.4) is 0 Å². The summed E-state index contributed by atoms with van der Waals surface area (Å²) < 4.78 is 0. The summed E-state index contributed by atoms with van der Waals surface area (Å²) in [5, 5.41) is 14.8. The number of aromatic amines is 2. The molecule has 2 N–H and O–H groups in total. The van der Waals surface area contributed by atoms with Crippen molar-refractivity contribution in [3.63, 3.8) is 0 Å². The Labute approximate surface area is 79.2 Å². The third-order valence-corrected chi connectivity index (χ3v) is 2.14. The molecule has 0 amide bonds. The highest BCUT2D eigenvalue weighted by atomic mass is 15.1. The maximum Gasteiger partial charge on any atom is 0.0943 e. The van der Waals surface area contributed by atoms with Crippen molar-refractivity contribution in [1.82, 2.24) is 25.4 Å². The van der Waals surface area contributed by atoms with E-state index in [0.29, 0.717) is 0 Å². The van der Waals surface area contributed by atoms with Crippen molar-refractivity contribution in [2.45, 2.75) is 0 Å². The molecule has 0 atom stereocenters. The van der Waals surface area contributed by atoms with Crippen molar-refractivity contribution in [2.24, 2.45) is 0 Å². The molecule has 5 nitrogen and oxygen atoms in total. The number of rotatable bonds is 1. The van der Waals surface area contributed by atoms with Crippen LogP contribution in [0.25, 0.3) is 22.2 Å². The van der Waals surface area contributed by atoms with Gasteiger partial charge in [-0.05, 0) is 6.07 Å². The molecule has 0 bridgehead atoms. The molecule has 3 aromatic rings. The fraction of sp³-hybridized carbons (Fsp3) is 0. The van der Waals surface area contributed by atoms with E-state index in [4.69, 9.17) is 0 Å². The highest BCUT2D eigenvalue weighted by Gasteiger charge is 2.06. The predicted molar refractivity (Wildman–Crippen MR) is 51.5 cm³/mol. The van der Waals surface area contributed by atoms with Crippen LogP contribution in [-0.2, 0) is 0 Å². The Kier molecular flexibility index (Phi) is 1.38. The molecule has 0 saturated carbocycles. The molecule has 0 radical (unpaired) electrons. The molecule has 0 aromatic carbocycles. The fourth-order valence-electron chi connectivity index (χ4n) is 1.48. The van der Waals surface area contributed by atoms with Crippen molar-refractivity contribution in [3.05, 3.63) is 30.9 Å². The summed E-state index contributed by atoms with van der Waals surface area (Å²) >= 11 is 0. The van der Waals surface area contributed by atoms with Crippen molar-refractivity contribution < 1.29 is 0 Å². The third kappa shape index (κ3) is 0.922. The van der Waals surface area contributed by atoms with Crippen LogP contribution in [0.1, 0.15) is 0 Å². The molecule has 3 heterocycles. The van der Waals surface area contributed by atoms with Gasteiger partial charge in [0.1, 0.15) is 0 Å². The van der Waals surface area contributed by atoms with Gasteiger partial charge < -0.3 is 0 Å². The minimum atomic E-state index is 0.879. The van der Waals surface area contributed by atoms with Gasteiger partial charge in [-0.3, -0.25) is 15.2 Å². The second-order valence-electron chi connectivity index (χ2n) is 2.98. The number of pyridine rings is 1. The van der Waals surface area contributed by atoms with Crippen LogP contribution in [0.4, 0.5) is 0 Å². The largest absolute Gasteiger partial charge is 0.285 e. The maximum absolute atomic E-state index is 4.12. The molecule has 0 spiro atoms. The number of hydrogen-bond donors (Lipinski definition) is 2. The van der Waals surface area contributed by atoms with Gasteiger partial charge in [-0.1, -0.05) is 0 Å². The average molecular weight is 185 g/mol. The lowest BCUT2D eigenvalue weighted by Crippen LogP contribution is -1.81. The van der Waals surface area contributed by atoms with Gasteiger partial charge >= 0.3 is 0 Å². The first kappa shape index (κ1) is 7.25. The van der Waals surface area contributed by atoms with E-state index in [0.717, 1.165) is 22.2 Å². The van der Waals surface area contributed by atoms with E-state index in [9.17, 15) is 0 Å². The Bertz CT molecular complexity index is 551. The smallest absolute Gasteiger partial charge is 0.0943 e. The van der Waals surface area contributed by atoms with E-state index in [-0.39, 0.29) is 0 Å². The molecule has 0 unspecified atom stereocenters. The molecule has 0 fully saturated rings. The van der Waals surface area contributed by atoms with Gasteiger partial charge in [-0.25, -0.2) is 0 Å². The lowest BCUT2D eigenvalue weighted by atomic mass is 10.1. The number of aromatic nitrogens is 5. The van der Waals surface area contributed by atoms with E-state index < -0.39 is 0 Å². The van der Waals surface area contributed by atoms with Crippen LogP contribution in [0.5, 0.6) is 0 Å². The monoisotopic (exact) mass is 185 g/mol. The topological polar surface area (TPSA) is 70.2 Å². The maximum atomic E-state index is 4.12. The number of nitrogens with zero attached hydrogens (tertiary/aromatic N) is 3. The van der Waals surface area contributed by atoms with E-state index in [2.05, 4.69) is 25.4 Å². The second-order valence-corrected chi connectivity index (χ2v) is 2.98. The lowest BCUT2D eigenvalue weighted by molar-refractivity contribution is 1.09. The lowest BCUT2D eigenvalue weighted by Gasteiger charge is -1.96. The quantitative estimate of drug-likeness (QED) is 0.601. The van der Waals surface area contributed by atoms with Crippen molar-refractivity contribution >= 4 is 10.9 Å². The predicted octanol–water partition coefficient (Wildman–Crippen LogP) is 1.35. The summed E-state index contributed by atoms with van der Waals surface area (Å²) in [6.07, 6.45) is 7.10. The Balaban J connectivity index is 2.36. The van der Waals surface area contributed by atoms with E-state index >= 15 is 0 Å². The van der Waals surface area contributed by atoms with Crippen molar-refractivity contribution in [1.29, 1.82) is 0 Å². The zero-order valence-electron chi connectivity index (χ0n) is 7.23. The molecule has 5 heteroatoms. The van der Waals surface area contributed by atoms with Crippen LogP contribution in [0, 0.1) is 0 Å². The average Bonchev–Trinajstić information content (AvgIpc) is 2.88. The third-order valence-electron chi connectivity index (χ3n) is 2.14. The van der Waals surface area contributed by atoms with Crippen molar-refractivity contribution in [3.8, 4) is 11.3 Å². The molecular weight excluding hydrogens is 178 g/mol. The minimum absolute atomic E-state index is 0.879. The van der Waals surface area contributed by atoms with Crippen LogP contribution in [0.2, 0.25) is 0 Å². The van der Waals surface area contributed by atoms with Gasteiger partial charge in [0, 0.05) is 23.3 Å². The van der Waals surface area contributed by atoms with Crippen LogP contribution < -0.4 is 0 Å². The Morgan fingerprint density at radius 2 is 2.14 bits per heavy atom. The second kappa shape index (κ2) is 2.66. The first-order valence-corrected chi connectivity index (χ1v) is 4.22. The number of fused-ring (bicyclic) bond motifs is 1. The van der Waals surface area contributed by atoms with E-state index in [1.54, 1.807) is 24.8 Å². The molecule has 0 aliphatic rings. The first-order valence-electron chi connectivity index (χ1n) is 4.22. The summed E-state index contributed by atoms with van der Waals surface area (Å²) in [4.78, 5) is 4.12. The van der Waals surface area contributed by atoms with Gasteiger partial charge in [0.25, 0.3) is 0 Å². The van der Waals surface area contributed by atoms with Crippen LogP contribution >= 0.6 is 0 Å². The molecule has 0 saturated heterocycles. The molecule has 0 aliphatic heterocycles. The summed E-state index contributed by atoms with van der Waals surface area (Å²) in [6.45, 7) is 0. The van der Waals surface area contributed by atoms with Gasteiger partial charge in [-0.15, -0.1) is 0 Å². The SMILES string of the molecule is c1cc(-c2cncc3[nH]ncc23)n[nH]1. The van der Waals surface area contributed by atoms with Gasteiger partial charge in [-0.2, -0.15) is 10.2 Å². The fourth-order valence-corrected chi connectivity index (χ4v) is 1.48. The van der Waals surface area contributed by atoms with Crippen molar-refractivity contribution in [2.75, 3.05) is 0 Å². The highest BCUT2D eigenvalue weighted by Crippen LogP contribution is 2.23. The Morgan fingerprint density at radius 1 is 1.14 bits per heavy atom. The normalized spacial score (nSPS) is 10.9. The number of nitrogens with one attached hydrogen (secondary N) is 2. The zero-order chi connectivity index (χ0) is 9.38. The number of H-pyrrole nitrogens is 2. The summed E-state index contributed by atoms with van der Waals surface area (Å²) in [5.74, 6) is 0. The Hall–Kier alpha value is -2.17. The standard InChI is InChI=1S/C9H7N5/c1-2-11-13-8(1)6-3-10-5-9-7(6)4-12-14-9/h1-5H,(H,11,13)(H,12,14). The number of hydrogen-bond acceptors (Lipinski definition) is 3. The first-order chi connectivity index (χ1) is 6.95. The summed E-state index contributed by atoms with van der Waals surface area (Å²) in [6, 6.07) is 1.91.